The molecule has 0 aromatic heterocycles. The Balaban J connectivity index is 0.000000261. The second-order valence-electron chi connectivity index (χ2n) is 2.32. The number of rotatable bonds is 1. The Labute approximate surface area is 78.8 Å². The molecule has 0 unspecified atom stereocenters. The van der Waals surface area contributed by atoms with E-state index < -0.39 is 0 Å². The fourth-order valence-corrected chi connectivity index (χ4v) is 0.760. The molecule has 0 aliphatic heterocycles. The Kier molecular flexibility index (Phi) is 6.61. The van der Waals surface area contributed by atoms with Gasteiger partial charge in [0.25, 0.3) is 0 Å². The number of hydrogen-bond donors (Lipinski definition) is 3. The van der Waals surface area contributed by atoms with Crippen LogP contribution in [-0.4, -0.2) is 11.7 Å². The maximum absolute atomic E-state index is 7.88. The monoisotopic (exact) mass is 185 g/mol. The smallest absolute Gasteiger partial charge is 0.0428 e. The highest BCUT2D eigenvalue weighted by Gasteiger charge is 1.82. The zero-order chi connectivity index (χ0) is 9.40. The zero-order valence-electron chi connectivity index (χ0n) is 7.20. The van der Waals surface area contributed by atoms with Gasteiger partial charge in [0.05, 0.1) is 0 Å². The molecule has 0 aliphatic rings. The largest absolute Gasteiger partial charge is 0.399 e. The van der Waals surface area contributed by atoms with E-state index >= 15 is 0 Å². The molecule has 0 radical (unpaired) electrons. The van der Waals surface area contributed by atoms with Gasteiger partial charge in [-0.1, -0.05) is 13.0 Å². The molecule has 1 aromatic rings. The summed E-state index contributed by atoms with van der Waals surface area (Å²) >= 11 is 4.07. The molecule has 0 spiro atoms. The molecule has 68 valence electrons. The molecule has 0 bridgehead atoms. The number of nitrogens with two attached hydrogens (primary N) is 1. The van der Waals surface area contributed by atoms with Crippen LogP contribution in [0.1, 0.15) is 13.3 Å². The van der Waals surface area contributed by atoms with Gasteiger partial charge >= 0.3 is 0 Å². The van der Waals surface area contributed by atoms with Crippen LogP contribution in [-0.2, 0) is 0 Å². The van der Waals surface area contributed by atoms with E-state index in [0.29, 0.717) is 6.61 Å². The lowest BCUT2D eigenvalue weighted by Crippen LogP contribution is -1.81. The topological polar surface area (TPSA) is 46.2 Å². The molecule has 1 rings (SSSR count). The van der Waals surface area contributed by atoms with Crippen LogP contribution in [0.3, 0.4) is 0 Å². The maximum Gasteiger partial charge on any atom is 0.0428 e. The van der Waals surface area contributed by atoms with Crippen molar-refractivity contribution in [2.24, 2.45) is 0 Å². The van der Waals surface area contributed by atoms with Gasteiger partial charge in [-0.3, -0.25) is 0 Å². The quantitative estimate of drug-likeness (QED) is 0.462. The molecule has 12 heavy (non-hydrogen) atoms. The number of aliphatic hydroxyl groups excluding tert-OH is 1. The van der Waals surface area contributed by atoms with Crippen molar-refractivity contribution >= 4 is 18.3 Å². The summed E-state index contributed by atoms with van der Waals surface area (Å²) < 4.78 is 0. The van der Waals surface area contributed by atoms with Crippen molar-refractivity contribution in [2.75, 3.05) is 12.3 Å². The van der Waals surface area contributed by atoms with Crippen molar-refractivity contribution in [1.29, 1.82) is 0 Å². The van der Waals surface area contributed by atoms with Gasteiger partial charge in [0.1, 0.15) is 0 Å². The van der Waals surface area contributed by atoms with Gasteiger partial charge < -0.3 is 10.8 Å². The van der Waals surface area contributed by atoms with Gasteiger partial charge in [0.2, 0.25) is 0 Å². The minimum Gasteiger partial charge on any atom is -0.399 e. The lowest BCUT2D eigenvalue weighted by Gasteiger charge is -1.90. The summed E-state index contributed by atoms with van der Waals surface area (Å²) in [5.74, 6) is 0. The van der Waals surface area contributed by atoms with Gasteiger partial charge in [0.15, 0.2) is 0 Å². The first-order valence-electron chi connectivity index (χ1n) is 3.86. The number of anilines is 1. The third kappa shape index (κ3) is 6.07. The Morgan fingerprint density at radius 3 is 2.33 bits per heavy atom. The van der Waals surface area contributed by atoms with Gasteiger partial charge in [-0.25, -0.2) is 0 Å². The van der Waals surface area contributed by atoms with E-state index in [1.54, 1.807) is 0 Å². The van der Waals surface area contributed by atoms with E-state index in [2.05, 4.69) is 12.6 Å². The average molecular weight is 185 g/mol. The highest BCUT2D eigenvalue weighted by Crippen LogP contribution is 2.08. The van der Waals surface area contributed by atoms with Gasteiger partial charge in [-0.15, -0.1) is 12.6 Å². The molecular formula is C9H15NOS. The summed E-state index contributed by atoms with van der Waals surface area (Å²) in [6.07, 6.45) is 0.875. The molecule has 3 heteroatoms. The SMILES string of the molecule is CCCO.Nc1cccc(S)c1. The molecule has 0 saturated heterocycles. The first-order valence-corrected chi connectivity index (χ1v) is 4.30. The second kappa shape index (κ2) is 7.00. The van der Waals surface area contributed by atoms with Crippen LogP contribution in [0.2, 0.25) is 0 Å². The van der Waals surface area contributed by atoms with Crippen molar-refractivity contribution in [1.82, 2.24) is 0 Å². The first kappa shape index (κ1) is 11.3. The molecule has 0 aliphatic carbocycles. The van der Waals surface area contributed by atoms with Crippen LogP contribution < -0.4 is 5.73 Å². The van der Waals surface area contributed by atoms with Crippen LogP contribution in [0, 0.1) is 0 Å². The third-order valence-corrected chi connectivity index (χ3v) is 1.37. The van der Waals surface area contributed by atoms with Crippen molar-refractivity contribution in [3.63, 3.8) is 0 Å². The van der Waals surface area contributed by atoms with Crippen LogP contribution in [0.25, 0.3) is 0 Å². The van der Waals surface area contributed by atoms with E-state index in [9.17, 15) is 0 Å². The summed E-state index contributed by atoms with van der Waals surface area (Å²) in [6.45, 7) is 2.25. The van der Waals surface area contributed by atoms with Crippen molar-refractivity contribution < 1.29 is 5.11 Å². The number of benzene rings is 1. The van der Waals surface area contributed by atoms with Crippen LogP contribution >= 0.6 is 12.6 Å². The number of aliphatic hydroxyl groups is 1. The van der Waals surface area contributed by atoms with Gasteiger partial charge in [0, 0.05) is 17.2 Å². The van der Waals surface area contributed by atoms with Crippen LogP contribution in [0.5, 0.6) is 0 Å². The van der Waals surface area contributed by atoms with Crippen molar-refractivity contribution in [3.8, 4) is 0 Å². The summed E-state index contributed by atoms with van der Waals surface area (Å²) in [6, 6.07) is 7.40. The normalized spacial score (nSPS) is 8.58. The predicted molar refractivity (Wildman–Crippen MR) is 55.5 cm³/mol. The van der Waals surface area contributed by atoms with Crippen molar-refractivity contribution in [3.05, 3.63) is 24.3 Å². The number of hydrogen-bond acceptors (Lipinski definition) is 3. The Morgan fingerprint density at radius 1 is 1.50 bits per heavy atom. The highest BCUT2D eigenvalue weighted by atomic mass is 32.1. The molecule has 2 nitrogen and oxygen atoms in total. The summed E-state index contributed by atoms with van der Waals surface area (Å²) in [5, 5.41) is 7.88. The first-order chi connectivity index (χ1) is 5.70. The third-order valence-electron chi connectivity index (χ3n) is 1.09. The fourth-order valence-electron chi connectivity index (χ4n) is 0.525. The van der Waals surface area contributed by atoms with E-state index in [4.69, 9.17) is 10.8 Å². The summed E-state index contributed by atoms with van der Waals surface area (Å²) in [4.78, 5) is 0.907. The summed E-state index contributed by atoms with van der Waals surface area (Å²) in [5.41, 5.74) is 6.17. The minimum atomic E-state index is 0.319. The Hall–Kier alpha value is -0.670. The molecule has 0 heterocycles. The molecule has 1 aromatic carbocycles. The van der Waals surface area contributed by atoms with E-state index in [1.807, 2.05) is 31.2 Å². The van der Waals surface area contributed by atoms with Gasteiger partial charge in [-0.2, -0.15) is 0 Å². The summed E-state index contributed by atoms with van der Waals surface area (Å²) in [7, 11) is 0. The standard InChI is InChI=1S/C6H7NS.C3H8O/c7-5-2-1-3-6(8)4-5;1-2-3-4/h1-4,8H,7H2;4H,2-3H2,1H3. The zero-order valence-corrected chi connectivity index (χ0v) is 8.09. The van der Waals surface area contributed by atoms with Gasteiger partial charge in [-0.05, 0) is 24.6 Å². The molecular weight excluding hydrogens is 170 g/mol. The van der Waals surface area contributed by atoms with E-state index in [-0.39, 0.29) is 0 Å². The lowest BCUT2D eigenvalue weighted by molar-refractivity contribution is 0.295. The molecule has 0 atom stereocenters. The van der Waals surface area contributed by atoms with Crippen LogP contribution in [0.4, 0.5) is 5.69 Å². The van der Waals surface area contributed by atoms with Crippen LogP contribution in [0.15, 0.2) is 29.2 Å². The predicted octanol–water partition coefficient (Wildman–Crippen LogP) is 1.95. The number of thiol groups is 1. The second-order valence-corrected chi connectivity index (χ2v) is 2.83. The Bertz CT molecular complexity index is 196. The molecule has 0 fully saturated rings. The molecule has 0 amide bonds. The maximum atomic E-state index is 7.88. The molecule has 3 N–H and O–H groups in total. The average Bonchev–Trinajstić information content (AvgIpc) is 2.04. The number of nitrogen functional groups attached to an aromatic ring is 1. The lowest BCUT2D eigenvalue weighted by atomic mass is 10.3. The van der Waals surface area contributed by atoms with Crippen molar-refractivity contribution in [2.45, 2.75) is 18.2 Å². The molecule has 0 saturated carbocycles. The van der Waals surface area contributed by atoms with E-state index in [0.717, 1.165) is 17.0 Å². The highest BCUT2D eigenvalue weighted by molar-refractivity contribution is 7.80. The Morgan fingerprint density at radius 2 is 2.08 bits per heavy atom. The minimum absolute atomic E-state index is 0.319. The fraction of sp³-hybridized carbons (Fsp3) is 0.333. The van der Waals surface area contributed by atoms with E-state index in [1.165, 1.54) is 0 Å².